The maximum absolute atomic E-state index is 12.3. The van der Waals surface area contributed by atoms with Crippen LogP contribution in [0.25, 0.3) is 0 Å². The van der Waals surface area contributed by atoms with Gasteiger partial charge in [-0.15, -0.1) is 0 Å². The van der Waals surface area contributed by atoms with Crippen LogP contribution in [0, 0.1) is 0 Å². The van der Waals surface area contributed by atoms with E-state index in [4.69, 9.17) is 4.74 Å². The molecule has 5 nitrogen and oxygen atoms in total. The summed E-state index contributed by atoms with van der Waals surface area (Å²) in [5.74, 6) is 0.332. The molecule has 2 amide bonds. The van der Waals surface area contributed by atoms with Crippen LogP contribution in [0.5, 0.6) is 5.75 Å². The summed E-state index contributed by atoms with van der Waals surface area (Å²) < 4.78 is 5.68. The average molecular weight is 340 g/mol. The molecule has 0 aliphatic rings. The van der Waals surface area contributed by atoms with E-state index in [-0.39, 0.29) is 11.8 Å². The second-order valence-corrected chi connectivity index (χ2v) is 5.73. The maximum Gasteiger partial charge on any atom is 0.265 e. The van der Waals surface area contributed by atoms with E-state index < -0.39 is 6.10 Å². The maximum atomic E-state index is 12.3. The summed E-state index contributed by atoms with van der Waals surface area (Å²) >= 11 is 0. The van der Waals surface area contributed by atoms with Gasteiger partial charge in [0.15, 0.2) is 6.10 Å². The molecule has 5 heteroatoms. The number of rotatable bonds is 7. The molecule has 0 heterocycles. The van der Waals surface area contributed by atoms with Gasteiger partial charge in [0.2, 0.25) is 5.91 Å². The number of benzene rings is 2. The number of hydrogen-bond acceptors (Lipinski definition) is 3. The molecule has 2 aromatic carbocycles. The van der Waals surface area contributed by atoms with Crippen molar-refractivity contribution in [3.63, 3.8) is 0 Å². The van der Waals surface area contributed by atoms with E-state index in [1.54, 1.807) is 38.1 Å². The van der Waals surface area contributed by atoms with E-state index >= 15 is 0 Å². The third-order valence-electron chi connectivity index (χ3n) is 3.75. The minimum atomic E-state index is -0.638. The van der Waals surface area contributed by atoms with Gasteiger partial charge >= 0.3 is 0 Å². The Labute approximate surface area is 148 Å². The predicted octanol–water partition coefficient (Wildman–Crippen LogP) is 4.00. The highest BCUT2D eigenvalue weighted by molar-refractivity contribution is 5.95. The Balaban J connectivity index is 1.95. The fourth-order valence-corrected chi connectivity index (χ4v) is 2.23. The fraction of sp³-hybridized carbons (Fsp3) is 0.300. The van der Waals surface area contributed by atoms with Gasteiger partial charge in [-0.05, 0) is 49.2 Å². The van der Waals surface area contributed by atoms with E-state index in [1.165, 1.54) is 5.56 Å². The van der Waals surface area contributed by atoms with E-state index in [9.17, 15) is 9.59 Å². The SMILES string of the molecule is CCC(=O)Nc1cccc(NC(=O)C(C)Oc2ccc(CC)cc2)c1. The summed E-state index contributed by atoms with van der Waals surface area (Å²) in [5.41, 5.74) is 2.47. The molecule has 25 heavy (non-hydrogen) atoms. The Bertz CT molecular complexity index is 726. The molecule has 0 radical (unpaired) electrons. The average Bonchev–Trinajstić information content (AvgIpc) is 2.62. The largest absolute Gasteiger partial charge is 0.481 e. The molecule has 1 atom stereocenters. The molecule has 1 unspecified atom stereocenters. The van der Waals surface area contributed by atoms with Gasteiger partial charge in [0.05, 0.1) is 0 Å². The Hall–Kier alpha value is -2.82. The molecule has 0 saturated heterocycles. The van der Waals surface area contributed by atoms with E-state index in [1.807, 2.05) is 24.3 Å². The van der Waals surface area contributed by atoms with E-state index in [0.29, 0.717) is 23.5 Å². The first-order chi connectivity index (χ1) is 12.0. The van der Waals surface area contributed by atoms with Crippen molar-refractivity contribution in [3.05, 3.63) is 54.1 Å². The minimum Gasteiger partial charge on any atom is -0.481 e. The van der Waals surface area contributed by atoms with Crippen molar-refractivity contribution in [2.24, 2.45) is 0 Å². The van der Waals surface area contributed by atoms with Gasteiger partial charge in [-0.3, -0.25) is 9.59 Å². The molecule has 132 valence electrons. The molecular weight excluding hydrogens is 316 g/mol. The molecule has 0 saturated carbocycles. The number of hydrogen-bond donors (Lipinski definition) is 2. The summed E-state index contributed by atoms with van der Waals surface area (Å²) in [5, 5.41) is 5.56. The highest BCUT2D eigenvalue weighted by Gasteiger charge is 2.15. The van der Waals surface area contributed by atoms with Crippen molar-refractivity contribution in [1.29, 1.82) is 0 Å². The Morgan fingerprint density at radius 1 is 1.00 bits per heavy atom. The van der Waals surface area contributed by atoms with Crippen LogP contribution in [-0.4, -0.2) is 17.9 Å². The highest BCUT2D eigenvalue weighted by atomic mass is 16.5. The molecule has 2 rings (SSSR count). The lowest BCUT2D eigenvalue weighted by molar-refractivity contribution is -0.122. The molecule has 2 N–H and O–H groups in total. The minimum absolute atomic E-state index is 0.0734. The van der Waals surface area contributed by atoms with Crippen molar-refractivity contribution < 1.29 is 14.3 Å². The molecule has 0 aliphatic heterocycles. The molecule has 0 spiro atoms. The molecule has 0 aliphatic carbocycles. The number of aryl methyl sites for hydroxylation is 1. The van der Waals surface area contributed by atoms with Gasteiger partial charge in [0.25, 0.3) is 5.91 Å². The van der Waals surface area contributed by atoms with Gasteiger partial charge in [-0.2, -0.15) is 0 Å². The number of carbonyl (C=O) groups excluding carboxylic acids is 2. The first kappa shape index (κ1) is 18.5. The lowest BCUT2D eigenvalue weighted by atomic mass is 10.2. The van der Waals surface area contributed by atoms with Crippen LogP contribution >= 0.6 is 0 Å². The van der Waals surface area contributed by atoms with Gasteiger partial charge in [0.1, 0.15) is 5.75 Å². The summed E-state index contributed by atoms with van der Waals surface area (Å²) in [4.78, 5) is 23.8. The number of carbonyl (C=O) groups is 2. The molecular formula is C20H24N2O3. The van der Waals surface area contributed by atoms with Crippen LogP contribution in [-0.2, 0) is 16.0 Å². The number of amides is 2. The van der Waals surface area contributed by atoms with Gasteiger partial charge in [-0.25, -0.2) is 0 Å². The Morgan fingerprint density at radius 2 is 1.64 bits per heavy atom. The standard InChI is InChI=1S/C20H24N2O3/c1-4-15-9-11-18(12-10-15)25-14(3)20(24)22-17-8-6-7-16(13-17)21-19(23)5-2/h6-14H,4-5H2,1-3H3,(H,21,23)(H,22,24). The second-order valence-electron chi connectivity index (χ2n) is 5.73. The topological polar surface area (TPSA) is 67.4 Å². The van der Waals surface area contributed by atoms with Crippen LogP contribution in [0.1, 0.15) is 32.8 Å². The van der Waals surface area contributed by atoms with Crippen LogP contribution in [0.15, 0.2) is 48.5 Å². The van der Waals surface area contributed by atoms with E-state index in [0.717, 1.165) is 6.42 Å². The van der Waals surface area contributed by atoms with Gasteiger partial charge < -0.3 is 15.4 Å². The summed E-state index contributed by atoms with van der Waals surface area (Å²) in [7, 11) is 0. The van der Waals surface area contributed by atoms with Crippen molar-refractivity contribution in [3.8, 4) is 5.75 Å². The Kier molecular flexibility index (Phi) is 6.57. The molecule has 0 aromatic heterocycles. The number of anilines is 2. The third kappa shape index (κ3) is 5.64. The van der Waals surface area contributed by atoms with Crippen molar-refractivity contribution in [1.82, 2.24) is 0 Å². The van der Waals surface area contributed by atoms with Crippen molar-refractivity contribution in [2.75, 3.05) is 10.6 Å². The summed E-state index contributed by atoms with van der Waals surface area (Å²) in [6.07, 6.45) is 0.723. The van der Waals surface area contributed by atoms with Gasteiger partial charge in [0, 0.05) is 17.8 Å². The van der Waals surface area contributed by atoms with Crippen molar-refractivity contribution >= 4 is 23.2 Å². The highest BCUT2D eigenvalue weighted by Crippen LogP contribution is 2.17. The first-order valence-electron chi connectivity index (χ1n) is 8.48. The fourth-order valence-electron chi connectivity index (χ4n) is 2.23. The predicted molar refractivity (Wildman–Crippen MR) is 99.9 cm³/mol. The zero-order valence-electron chi connectivity index (χ0n) is 14.8. The zero-order valence-corrected chi connectivity index (χ0v) is 14.8. The molecule has 0 fully saturated rings. The third-order valence-corrected chi connectivity index (χ3v) is 3.75. The van der Waals surface area contributed by atoms with Gasteiger partial charge in [-0.1, -0.05) is 32.0 Å². The number of nitrogens with one attached hydrogen (secondary N) is 2. The monoisotopic (exact) mass is 340 g/mol. The quantitative estimate of drug-likeness (QED) is 0.800. The summed E-state index contributed by atoms with van der Waals surface area (Å²) in [6, 6.07) is 14.7. The van der Waals surface area contributed by atoms with Crippen LogP contribution in [0.2, 0.25) is 0 Å². The van der Waals surface area contributed by atoms with Crippen molar-refractivity contribution in [2.45, 2.75) is 39.7 Å². The molecule has 2 aromatic rings. The van der Waals surface area contributed by atoms with Crippen LogP contribution < -0.4 is 15.4 Å². The van der Waals surface area contributed by atoms with Crippen LogP contribution in [0.3, 0.4) is 0 Å². The van der Waals surface area contributed by atoms with Crippen LogP contribution in [0.4, 0.5) is 11.4 Å². The van der Waals surface area contributed by atoms with E-state index in [2.05, 4.69) is 17.6 Å². The first-order valence-corrected chi connectivity index (χ1v) is 8.48. The molecule has 0 bridgehead atoms. The zero-order chi connectivity index (χ0) is 18.2. The number of ether oxygens (including phenoxy) is 1. The normalized spacial score (nSPS) is 11.5. The summed E-state index contributed by atoms with van der Waals surface area (Å²) in [6.45, 7) is 5.57. The lowest BCUT2D eigenvalue weighted by Crippen LogP contribution is -2.30. The Morgan fingerprint density at radius 3 is 2.24 bits per heavy atom. The second kappa shape index (κ2) is 8.87. The smallest absolute Gasteiger partial charge is 0.265 e. The lowest BCUT2D eigenvalue weighted by Gasteiger charge is -2.15.